The molecule has 7 heteroatoms. The van der Waals surface area contributed by atoms with Crippen LogP contribution >= 0.6 is 0 Å². The van der Waals surface area contributed by atoms with E-state index in [1.54, 1.807) is 11.9 Å². The van der Waals surface area contributed by atoms with E-state index in [2.05, 4.69) is 21.5 Å². The van der Waals surface area contributed by atoms with Gasteiger partial charge in [0.2, 0.25) is 5.76 Å². The summed E-state index contributed by atoms with van der Waals surface area (Å²) in [5.74, 6) is -1.84. The van der Waals surface area contributed by atoms with Gasteiger partial charge in [-0.1, -0.05) is 12.1 Å². The van der Waals surface area contributed by atoms with Crippen LogP contribution in [-0.2, 0) is 0 Å². The van der Waals surface area contributed by atoms with Gasteiger partial charge in [-0.2, -0.15) is 0 Å². The van der Waals surface area contributed by atoms with Crippen molar-refractivity contribution in [3.8, 4) is 0 Å². The molecule has 0 aromatic carbocycles. The van der Waals surface area contributed by atoms with Crippen LogP contribution in [-0.4, -0.2) is 64.7 Å². The molecule has 110 valence electrons. The zero-order valence-corrected chi connectivity index (χ0v) is 11.7. The maximum Gasteiger partial charge on any atom is 0.374 e. The van der Waals surface area contributed by atoms with E-state index in [9.17, 15) is 9.59 Å². The predicted octanol–water partition coefficient (Wildman–Crippen LogP) is 0.929. The standard InChI is InChI=1S/C13H19N3O4/c1-3-16-6-4-9(5-7-16)15(2)12(17)10-8-11(13(18)19)20-14-10/h8-9H,3-7H2,1-2H3,(H,18,19). The quantitative estimate of drug-likeness (QED) is 0.883. The fourth-order valence-electron chi connectivity index (χ4n) is 2.45. The average Bonchev–Trinajstić information content (AvgIpc) is 2.96. The lowest BCUT2D eigenvalue weighted by Gasteiger charge is -2.35. The Hall–Kier alpha value is -1.89. The molecule has 0 unspecified atom stereocenters. The van der Waals surface area contributed by atoms with Gasteiger partial charge < -0.3 is 19.4 Å². The van der Waals surface area contributed by atoms with Gasteiger partial charge in [0, 0.05) is 32.2 Å². The summed E-state index contributed by atoms with van der Waals surface area (Å²) in [5.41, 5.74) is 0.0443. The molecule has 2 rings (SSSR count). The number of hydrogen-bond acceptors (Lipinski definition) is 5. The first kappa shape index (κ1) is 14.5. The number of nitrogens with zero attached hydrogens (tertiary/aromatic N) is 3. The monoisotopic (exact) mass is 281 g/mol. The lowest BCUT2D eigenvalue weighted by molar-refractivity contribution is 0.0624. The molecule has 0 bridgehead atoms. The third-order valence-electron chi connectivity index (χ3n) is 3.81. The minimum absolute atomic E-state index is 0.0443. The minimum atomic E-state index is -1.23. The van der Waals surface area contributed by atoms with E-state index in [0.717, 1.165) is 32.5 Å². The summed E-state index contributed by atoms with van der Waals surface area (Å²) < 4.78 is 4.61. The second-order valence-corrected chi connectivity index (χ2v) is 4.96. The van der Waals surface area contributed by atoms with Gasteiger partial charge in [0.1, 0.15) is 0 Å². The number of aromatic nitrogens is 1. The average molecular weight is 281 g/mol. The van der Waals surface area contributed by atoms with Crippen LogP contribution in [0.15, 0.2) is 10.6 Å². The number of carbonyl (C=O) groups excluding carboxylic acids is 1. The molecule has 2 heterocycles. The van der Waals surface area contributed by atoms with Crippen LogP contribution in [0.4, 0.5) is 0 Å². The highest BCUT2D eigenvalue weighted by molar-refractivity contribution is 5.94. The number of carboxylic acids is 1. The Morgan fingerprint density at radius 2 is 2.15 bits per heavy atom. The van der Waals surface area contributed by atoms with E-state index in [-0.39, 0.29) is 23.4 Å². The zero-order valence-electron chi connectivity index (χ0n) is 11.7. The van der Waals surface area contributed by atoms with Crippen molar-refractivity contribution < 1.29 is 19.2 Å². The fraction of sp³-hybridized carbons (Fsp3) is 0.615. The first-order valence-electron chi connectivity index (χ1n) is 6.72. The molecule has 1 N–H and O–H groups in total. The second kappa shape index (κ2) is 6.04. The molecule has 0 radical (unpaired) electrons. The second-order valence-electron chi connectivity index (χ2n) is 4.96. The van der Waals surface area contributed by atoms with Gasteiger partial charge in [-0.15, -0.1) is 0 Å². The van der Waals surface area contributed by atoms with Gasteiger partial charge in [0.25, 0.3) is 5.91 Å². The van der Waals surface area contributed by atoms with Gasteiger partial charge in [0.05, 0.1) is 0 Å². The Balaban J connectivity index is 1.99. The smallest absolute Gasteiger partial charge is 0.374 e. The summed E-state index contributed by atoms with van der Waals surface area (Å²) >= 11 is 0. The molecular formula is C13H19N3O4. The summed E-state index contributed by atoms with van der Waals surface area (Å²) in [5, 5.41) is 12.3. The molecule has 0 aliphatic carbocycles. The van der Waals surface area contributed by atoms with E-state index in [4.69, 9.17) is 5.11 Å². The summed E-state index contributed by atoms with van der Waals surface area (Å²) in [7, 11) is 1.73. The van der Waals surface area contributed by atoms with Crippen molar-refractivity contribution in [3.05, 3.63) is 17.5 Å². The summed E-state index contributed by atoms with van der Waals surface area (Å²) in [6.45, 7) is 5.09. The maximum absolute atomic E-state index is 12.2. The van der Waals surface area contributed by atoms with Crippen LogP contribution in [0, 0.1) is 0 Å². The lowest BCUT2D eigenvalue weighted by atomic mass is 10.0. The summed E-state index contributed by atoms with van der Waals surface area (Å²) in [6.07, 6.45) is 1.83. The Morgan fingerprint density at radius 1 is 1.50 bits per heavy atom. The Labute approximate surface area is 117 Å². The number of likely N-dealkylation sites (tertiary alicyclic amines) is 1. The number of rotatable bonds is 4. The molecule has 1 saturated heterocycles. The third kappa shape index (κ3) is 2.98. The van der Waals surface area contributed by atoms with Crippen molar-refractivity contribution >= 4 is 11.9 Å². The maximum atomic E-state index is 12.2. The molecule has 0 spiro atoms. The molecule has 1 amide bonds. The zero-order chi connectivity index (χ0) is 14.7. The predicted molar refractivity (Wildman–Crippen MR) is 70.7 cm³/mol. The lowest BCUT2D eigenvalue weighted by Crippen LogP contribution is -2.45. The van der Waals surface area contributed by atoms with Crippen molar-refractivity contribution in [2.45, 2.75) is 25.8 Å². The summed E-state index contributed by atoms with van der Waals surface area (Å²) in [6, 6.07) is 1.33. The van der Waals surface area contributed by atoms with E-state index in [1.807, 2.05) is 0 Å². The van der Waals surface area contributed by atoms with Gasteiger partial charge in [-0.25, -0.2) is 4.79 Å². The fourth-order valence-corrected chi connectivity index (χ4v) is 2.45. The van der Waals surface area contributed by atoms with Crippen LogP contribution < -0.4 is 0 Å². The van der Waals surface area contributed by atoms with Crippen LogP contribution in [0.25, 0.3) is 0 Å². The molecule has 1 fully saturated rings. The van der Waals surface area contributed by atoms with E-state index in [0.29, 0.717) is 0 Å². The van der Waals surface area contributed by atoms with E-state index >= 15 is 0 Å². The molecular weight excluding hydrogens is 262 g/mol. The number of carbonyl (C=O) groups is 2. The molecule has 1 aromatic heterocycles. The van der Waals surface area contributed by atoms with Gasteiger partial charge in [-0.3, -0.25) is 4.79 Å². The molecule has 0 atom stereocenters. The number of piperidine rings is 1. The third-order valence-corrected chi connectivity index (χ3v) is 3.81. The number of carboxylic acid groups (broad SMARTS) is 1. The van der Waals surface area contributed by atoms with Crippen molar-refractivity contribution in [1.82, 2.24) is 15.0 Å². The molecule has 1 aromatic rings. The molecule has 0 saturated carbocycles. The van der Waals surface area contributed by atoms with Crippen LogP contribution in [0.2, 0.25) is 0 Å². The van der Waals surface area contributed by atoms with Gasteiger partial charge in [0.15, 0.2) is 5.69 Å². The molecule has 1 aliphatic rings. The normalized spacial score (nSPS) is 17.1. The van der Waals surface area contributed by atoms with Gasteiger partial charge in [-0.05, 0) is 19.4 Å². The Kier molecular flexibility index (Phi) is 4.39. The number of hydrogen-bond donors (Lipinski definition) is 1. The van der Waals surface area contributed by atoms with E-state index < -0.39 is 5.97 Å². The first-order valence-corrected chi connectivity index (χ1v) is 6.72. The SMILES string of the molecule is CCN1CCC(N(C)C(=O)c2cc(C(=O)O)on2)CC1. The van der Waals surface area contributed by atoms with Crippen molar-refractivity contribution in [3.63, 3.8) is 0 Å². The number of aromatic carboxylic acids is 1. The Morgan fingerprint density at radius 3 is 2.65 bits per heavy atom. The first-order chi connectivity index (χ1) is 9.52. The van der Waals surface area contributed by atoms with Gasteiger partial charge >= 0.3 is 5.97 Å². The molecule has 7 nitrogen and oxygen atoms in total. The van der Waals surface area contributed by atoms with Crippen molar-refractivity contribution in [2.24, 2.45) is 0 Å². The Bertz CT molecular complexity index is 492. The highest BCUT2D eigenvalue weighted by Crippen LogP contribution is 2.17. The van der Waals surface area contributed by atoms with Crippen LogP contribution in [0.5, 0.6) is 0 Å². The number of amides is 1. The molecule has 1 aliphatic heterocycles. The largest absolute Gasteiger partial charge is 0.475 e. The summed E-state index contributed by atoms with van der Waals surface area (Å²) in [4.78, 5) is 26.9. The topological polar surface area (TPSA) is 86.9 Å². The van der Waals surface area contributed by atoms with Crippen LogP contribution in [0.3, 0.4) is 0 Å². The highest BCUT2D eigenvalue weighted by Gasteiger charge is 2.27. The van der Waals surface area contributed by atoms with Crippen molar-refractivity contribution in [1.29, 1.82) is 0 Å². The highest BCUT2D eigenvalue weighted by atomic mass is 16.5. The molecule has 20 heavy (non-hydrogen) atoms. The van der Waals surface area contributed by atoms with Crippen LogP contribution in [0.1, 0.15) is 40.8 Å². The minimum Gasteiger partial charge on any atom is -0.475 e. The van der Waals surface area contributed by atoms with Crippen molar-refractivity contribution in [2.75, 3.05) is 26.7 Å². The van der Waals surface area contributed by atoms with E-state index in [1.165, 1.54) is 6.07 Å².